The van der Waals surface area contributed by atoms with Gasteiger partial charge in [-0.15, -0.1) is 0 Å². The molecule has 1 saturated heterocycles. The van der Waals surface area contributed by atoms with Crippen molar-refractivity contribution in [1.29, 1.82) is 0 Å². The molecule has 2 atom stereocenters. The van der Waals surface area contributed by atoms with Crippen molar-refractivity contribution in [3.05, 3.63) is 28.2 Å². The molecule has 98 valence electrons. The maximum atomic E-state index is 12.5. The van der Waals surface area contributed by atoms with E-state index in [1.165, 1.54) is 0 Å². The zero-order chi connectivity index (χ0) is 13.3. The van der Waals surface area contributed by atoms with E-state index in [-0.39, 0.29) is 11.9 Å². The Kier molecular flexibility index (Phi) is 4.22. The van der Waals surface area contributed by atoms with Crippen LogP contribution in [-0.2, 0) is 0 Å². The van der Waals surface area contributed by atoms with Crippen LogP contribution in [0, 0.1) is 0 Å². The molecule has 3 nitrogen and oxygen atoms in total. The number of carbonyl (C=O) groups excluding carboxylic acids is 1. The summed E-state index contributed by atoms with van der Waals surface area (Å²) in [5, 5.41) is 0.469. The Morgan fingerprint density at radius 2 is 2.22 bits per heavy atom. The minimum Gasteiger partial charge on any atom is -0.398 e. The minimum absolute atomic E-state index is 0.0356. The van der Waals surface area contributed by atoms with Crippen LogP contribution < -0.4 is 5.73 Å². The van der Waals surface area contributed by atoms with E-state index in [4.69, 9.17) is 5.73 Å². The zero-order valence-electron chi connectivity index (χ0n) is 10.5. The Bertz CT molecular complexity index is 466. The lowest BCUT2D eigenvalue weighted by molar-refractivity contribution is 0.0699. The van der Waals surface area contributed by atoms with Gasteiger partial charge in [0.2, 0.25) is 0 Å². The summed E-state index contributed by atoms with van der Waals surface area (Å²) in [6.07, 6.45) is 0. The second-order valence-electron chi connectivity index (χ2n) is 4.55. The number of rotatable bonds is 1. The molecular weight excluding hydrogens is 312 g/mol. The van der Waals surface area contributed by atoms with Crippen LogP contribution in [0.1, 0.15) is 24.2 Å². The smallest absolute Gasteiger partial charge is 0.256 e. The summed E-state index contributed by atoms with van der Waals surface area (Å²) in [5.41, 5.74) is 7.04. The predicted molar refractivity (Wildman–Crippen MR) is 81.0 cm³/mol. The Hall–Kier alpha value is -0.680. The number of benzene rings is 1. The van der Waals surface area contributed by atoms with Gasteiger partial charge in [0, 0.05) is 33.7 Å². The molecule has 0 spiro atoms. The average Bonchev–Trinajstić information content (AvgIpc) is 2.35. The Morgan fingerprint density at radius 3 is 2.94 bits per heavy atom. The van der Waals surface area contributed by atoms with Crippen LogP contribution in [0.3, 0.4) is 0 Å². The van der Waals surface area contributed by atoms with Gasteiger partial charge in [-0.1, -0.05) is 22.9 Å². The SMILES string of the molecule is CC1SCCN(C(=O)c2cc(Br)ccc2N)C1C. The lowest BCUT2D eigenvalue weighted by Crippen LogP contribution is -2.48. The number of carbonyl (C=O) groups is 1. The number of thioether (sulfide) groups is 1. The molecule has 0 radical (unpaired) electrons. The lowest BCUT2D eigenvalue weighted by Gasteiger charge is -2.37. The number of nitrogen functional groups attached to an aromatic ring is 1. The average molecular weight is 329 g/mol. The quantitative estimate of drug-likeness (QED) is 0.806. The van der Waals surface area contributed by atoms with Gasteiger partial charge in [0.05, 0.1) is 5.56 Å². The monoisotopic (exact) mass is 328 g/mol. The predicted octanol–water partition coefficient (Wildman–Crippen LogP) is 3.00. The Morgan fingerprint density at radius 1 is 1.50 bits per heavy atom. The Balaban J connectivity index is 2.27. The van der Waals surface area contributed by atoms with E-state index in [0.29, 0.717) is 16.5 Å². The van der Waals surface area contributed by atoms with Crippen LogP contribution >= 0.6 is 27.7 Å². The third-order valence-electron chi connectivity index (χ3n) is 3.39. The van der Waals surface area contributed by atoms with Crippen molar-refractivity contribution in [3.8, 4) is 0 Å². The molecule has 0 aromatic heterocycles. The van der Waals surface area contributed by atoms with Gasteiger partial charge in [-0.25, -0.2) is 0 Å². The van der Waals surface area contributed by atoms with E-state index >= 15 is 0 Å². The third kappa shape index (κ3) is 2.67. The van der Waals surface area contributed by atoms with Crippen LogP contribution in [0.15, 0.2) is 22.7 Å². The van der Waals surface area contributed by atoms with Crippen molar-refractivity contribution in [2.45, 2.75) is 25.1 Å². The first kappa shape index (κ1) is 13.7. The van der Waals surface area contributed by atoms with E-state index < -0.39 is 0 Å². The summed E-state index contributed by atoms with van der Waals surface area (Å²) in [6, 6.07) is 5.67. The maximum Gasteiger partial charge on any atom is 0.256 e. The lowest BCUT2D eigenvalue weighted by atomic mass is 10.1. The topological polar surface area (TPSA) is 46.3 Å². The first-order valence-corrected chi connectivity index (χ1v) is 7.82. The fourth-order valence-corrected chi connectivity index (χ4v) is 3.55. The van der Waals surface area contributed by atoms with Gasteiger partial charge in [-0.3, -0.25) is 4.79 Å². The Labute approximate surface area is 120 Å². The van der Waals surface area contributed by atoms with Gasteiger partial charge in [0.1, 0.15) is 0 Å². The number of anilines is 1. The van der Waals surface area contributed by atoms with Crippen molar-refractivity contribution in [2.24, 2.45) is 0 Å². The molecule has 0 bridgehead atoms. The molecule has 2 N–H and O–H groups in total. The van der Waals surface area contributed by atoms with Crippen molar-refractivity contribution >= 4 is 39.3 Å². The van der Waals surface area contributed by atoms with Crippen LogP contribution in [0.5, 0.6) is 0 Å². The van der Waals surface area contributed by atoms with Gasteiger partial charge < -0.3 is 10.6 Å². The van der Waals surface area contributed by atoms with Gasteiger partial charge in [-0.05, 0) is 25.1 Å². The van der Waals surface area contributed by atoms with E-state index in [0.717, 1.165) is 16.8 Å². The van der Waals surface area contributed by atoms with Gasteiger partial charge in [-0.2, -0.15) is 11.8 Å². The molecule has 1 aromatic carbocycles. The number of nitrogens with two attached hydrogens (primary N) is 1. The molecule has 2 rings (SSSR count). The standard InChI is InChI=1S/C13H17BrN2OS/c1-8-9(2)18-6-5-16(8)13(17)11-7-10(14)3-4-12(11)15/h3-4,7-9H,5-6,15H2,1-2H3. The fourth-order valence-electron chi connectivity index (χ4n) is 2.09. The summed E-state index contributed by atoms with van der Waals surface area (Å²) < 4.78 is 0.882. The molecule has 0 saturated carbocycles. The fraction of sp³-hybridized carbons (Fsp3) is 0.462. The minimum atomic E-state index is 0.0356. The van der Waals surface area contributed by atoms with Crippen LogP contribution in [0.25, 0.3) is 0 Å². The second-order valence-corrected chi connectivity index (χ2v) is 6.95. The van der Waals surface area contributed by atoms with Crippen molar-refractivity contribution < 1.29 is 4.79 Å². The highest BCUT2D eigenvalue weighted by molar-refractivity contribution is 9.10. The first-order valence-electron chi connectivity index (χ1n) is 5.98. The van der Waals surface area contributed by atoms with Crippen molar-refractivity contribution in [1.82, 2.24) is 4.90 Å². The number of nitrogens with zero attached hydrogens (tertiary/aromatic N) is 1. The first-order chi connectivity index (χ1) is 8.50. The van der Waals surface area contributed by atoms with Gasteiger partial charge >= 0.3 is 0 Å². The molecule has 1 aromatic rings. The van der Waals surface area contributed by atoms with Crippen LogP contribution in [0.2, 0.25) is 0 Å². The highest BCUT2D eigenvalue weighted by atomic mass is 79.9. The van der Waals surface area contributed by atoms with E-state index in [1.54, 1.807) is 12.1 Å². The summed E-state index contributed by atoms with van der Waals surface area (Å²) in [4.78, 5) is 14.5. The molecule has 5 heteroatoms. The molecule has 1 aliphatic rings. The van der Waals surface area contributed by atoms with Crippen molar-refractivity contribution in [3.63, 3.8) is 0 Å². The summed E-state index contributed by atoms with van der Waals surface area (Å²) in [7, 11) is 0. The molecule has 1 fully saturated rings. The molecule has 18 heavy (non-hydrogen) atoms. The summed E-state index contributed by atoms with van der Waals surface area (Å²) >= 11 is 5.30. The largest absolute Gasteiger partial charge is 0.398 e. The summed E-state index contributed by atoms with van der Waals surface area (Å²) in [5.74, 6) is 1.03. The van der Waals surface area contributed by atoms with Crippen LogP contribution in [0.4, 0.5) is 5.69 Å². The summed E-state index contributed by atoms with van der Waals surface area (Å²) in [6.45, 7) is 5.06. The molecule has 0 aliphatic carbocycles. The maximum absolute atomic E-state index is 12.5. The zero-order valence-corrected chi connectivity index (χ0v) is 12.9. The molecule has 1 heterocycles. The molecule has 2 unspecified atom stereocenters. The van der Waals surface area contributed by atoms with Crippen LogP contribution in [-0.4, -0.2) is 34.4 Å². The van der Waals surface area contributed by atoms with Gasteiger partial charge in [0.15, 0.2) is 0 Å². The third-order valence-corrected chi connectivity index (χ3v) is 5.22. The molecular formula is C13H17BrN2OS. The molecule has 1 amide bonds. The number of hydrogen-bond donors (Lipinski definition) is 1. The normalized spacial score (nSPS) is 24.1. The number of halogens is 1. The van der Waals surface area contributed by atoms with E-state index in [9.17, 15) is 4.79 Å². The van der Waals surface area contributed by atoms with Gasteiger partial charge in [0.25, 0.3) is 5.91 Å². The number of hydrogen-bond acceptors (Lipinski definition) is 3. The van der Waals surface area contributed by atoms with Crippen molar-refractivity contribution in [2.75, 3.05) is 18.0 Å². The molecule has 1 aliphatic heterocycles. The number of amides is 1. The highest BCUT2D eigenvalue weighted by Gasteiger charge is 2.30. The van der Waals surface area contributed by atoms with E-state index in [2.05, 4.69) is 29.8 Å². The van der Waals surface area contributed by atoms with E-state index in [1.807, 2.05) is 22.7 Å². The highest BCUT2D eigenvalue weighted by Crippen LogP contribution is 2.27. The second kappa shape index (κ2) is 5.53.